The van der Waals surface area contributed by atoms with E-state index in [1.807, 2.05) is 12.1 Å². The summed E-state index contributed by atoms with van der Waals surface area (Å²) in [6, 6.07) is 19.3. The summed E-state index contributed by atoms with van der Waals surface area (Å²) in [5.41, 5.74) is 3.66. The second-order valence-electron chi connectivity index (χ2n) is 8.26. The number of thiophene rings is 1. The van der Waals surface area contributed by atoms with E-state index in [1.165, 1.54) is 20.2 Å². The third-order valence-corrected chi connectivity index (χ3v) is 6.41. The minimum atomic E-state index is -0.373. The smallest absolute Gasteiger partial charge is 0.0629 e. The van der Waals surface area contributed by atoms with Crippen LogP contribution in [0.1, 0.15) is 33.2 Å². The zero-order valence-electron chi connectivity index (χ0n) is 21.7. The van der Waals surface area contributed by atoms with Gasteiger partial charge in [-0.05, 0) is 45.4 Å². The fraction of sp³-hybridized carbons (Fsp3) is 0.143. The molecule has 0 unspecified atom stereocenters. The predicted molar refractivity (Wildman–Crippen MR) is 129 cm³/mol. The van der Waals surface area contributed by atoms with E-state index in [9.17, 15) is 0 Å². The predicted octanol–water partition coefficient (Wildman–Crippen LogP) is 8.69. The molecule has 0 N–H and O–H groups in total. The Morgan fingerprint density at radius 1 is 0.690 bits per heavy atom. The first-order valence-electron chi connectivity index (χ1n) is 12.2. The maximum absolute atomic E-state index is 8.59. The number of hydrogen-bond acceptors (Lipinski definition) is 1. The van der Waals surface area contributed by atoms with Crippen molar-refractivity contribution >= 4 is 31.5 Å². The van der Waals surface area contributed by atoms with Crippen molar-refractivity contribution in [2.24, 2.45) is 0 Å². The van der Waals surface area contributed by atoms with Gasteiger partial charge >= 0.3 is 0 Å². The van der Waals surface area contributed by atoms with Gasteiger partial charge in [-0.1, -0.05) is 99.5 Å². The van der Waals surface area contributed by atoms with E-state index in [-0.39, 0.29) is 41.2 Å². The molecule has 0 fully saturated rings. The molecule has 5 rings (SSSR count). The molecule has 142 valence electrons. The van der Waals surface area contributed by atoms with Gasteiger partial charge in [0.05, 0.1) is 6.85 Å². The van der Waals surface area contributed by atoms with Crippen LogP contribution >= 0.6 is 11.3 Å². The Labute approximate surface area is 183 Å². The van der Waals surface area contributed by atoms with Crippen LogP contribution in [0.5, 0.6) is 0 Å². The number of rotatable bonds is 2. The Balaban J connectivity index is 1.92. The standard InChI is InChI=1S/C28H24S/c1-28(2,3)27-20(19-11-5-4-6-12-19)14-9-16-22(27)21-15-10-18-25-26(21)23-13-7-8-17-24(23)29-25/h4-18H,1-3H3/i4D,5D,6D,11D,12D. The van der Waals surface area contributed by atoms with Gasteiger partial charge in [-0.15, -0.1) is 11.3 Å². The van der Waals surface area contributed by atoms with Crippen molar-refractivity contribution in [1.82, 2.24) is 0 Å². The molecule has 0 amide bonds. The molecule has 0 atom stereocenters. The Hall–Kier alpha value is -2.90. The van der Waals surface area contributed by atoms with Crippen molar-refractivity contribution in [1.29, 1.82) is 0 Å². The van der Waals surface area contributed by atoms with E-state index < -0.39 is 0 Å². The molecule has 0 saturated carbocycles. The molecule has 0 nitrogen and oxygen atoms in total. The largest absolute Gasteiger partial charge is 0.135 e. The highest BCUT2D eigenvalue weighted by atomic mass is 32.1. The molecule has 0 spiro atoms. The monoisotopic (exact) mass is 397 g/mol. The molecule has 0 radical (unpaired) electrons. The van der Waals surface area contributed by atoms with Crippen molar-refractivity contribution in [2.75, 3.05) is 0 Å². The second kappa shape index (κ2) is 6.86. The Morgan fingerprint density at radius 2 is 1.34 bits per heavy atom. The summed E-state index contributed by atoms with van der Waals surface area (Å²) in [6.45, 7) is 6.32. The molecule has 0 aliphatic rings. The summed E-state index contributed by atoms with van der Waals surface area (Å²) >= 11 is 1.76. The van der Waals surface area contributed by atoms with Gasteiger partial charge in [-0.2, -0.15) is 0 Å². The van der Waals surface area contributed by atoms with Gasteiger partial charge < -0.3 is 0 Å². The van der Waals surface area contributed by atoms with Gasteiger partial charge in [0.25, 0.3) is 0 Å². The summed E-state index contributed by atoms with van der Waals surface area (Å²) in [5.74, 6) is 0. The van der Waals surface area contributed by atoms with Crippen molar-refractivity contribution in [2.45, 2.75) is 26.2 Å². The van der Waals surface area contributed by atoms with Crippen LogP contribution in [0.3, 0.4) is 0 Å². The normalized spacial score (nSPS) is 14.4. The van der Waals surface area contributed by atoms with Crippen molar-refractivity contribution in [3.63, 3.8) is 0 Å². The lowest BCUT2D eigenvalue weighted by atomic mass is 9.77. The first kappa shape index (κ1) is 13.3. The highest BCUT2D eigenvalue weighted by Crippen LogP contribution is 2.45. The number of benzene rings is 4. The van der Waals surface area contributed by atoms with Crippen LogP contribution in [0.4, 0.5) is 0 Å². The highest BCUT2D eigenvalue weighted by Gasteiger charge is 2.24. The van der Waals surface area contributed by atoms with Crippen LogP contribution in [0.25, 0.3) is 42.4 Å². The first-order chi connectivity index (χ1) is 16.1. The van der Waals surface area contributed by atoms with Crippen LogP contribution in [-0.2, 0) is 5.41 Å². The minimum absolute atomic E-state index is 0.173. The number of hydrogen-bond donors (Lipinski definition) is 0. The fourth-order valence-electron chi connectivity index (χ4n) is 4.18. The van der Waals surface area contributed by atoms with Gasteiger partial charge in [0.2, 0.25) is 0 Å². The second-order valence-corrected chi connectivity index (χ2v) is 9.34. The summed E-state index contributed by atoms with van der Waals surface area (Å²) in [5, 5.41) is 2.39. The van der Waals surface area contributed by atoms with E-state index in [4.69, 9.17) is 6.85 Å². The maximum atomic E-state index is 8.59. The average molecular weight is 398 g/mol. The zero-order chi connectivity index (χ0) is 24.4. The Kier molecular flexibility index (Phi) is 3.16. The molecule has 4 aromatic carbocycles. The van der Waals surface area contributed by atoms with Gasteiger partial charge in [-0.3, -0.25) is 0 Å². The molecule has 0 saturated heterocycles. The van der Waals surface area contributed by atoms with Crippen LogP contribution in [0.15, 0.2) is 90.9 Å². The third-order valence-electron chi connectivity index (χ3n) is 5.28. The summed E-state index contributed by atoms with van der Waals surface area (Å²) in [4.78, 5) is 0. The molecule has 29 heavy (non-hydrogen) atoms. The third kappa shape index (κ3) is 3.07. The van der Waals surface area contributed by atoms with Crippen molar-refractivity contribution < 1.29 is 6.85 Å². The van der Waals surface area contributed by atoms with Gasteiger partial charge in [0.1, 0.15) is 0 Å². The SMILES string of the molecule is [2H]c1c([2H])c([2H])c(-c2cccc(-c3cccc4sc5ccccc5c34)c2C(C)(C)C)c([2H])c1[2H]. The lowest BCUT2D eigenvalue weighted by Gasteiger charge is -2.27. The topological polar surface area (TPSA) is 0 Å². The molecule has 0 aliphatic carbocycles. The van der Waals surface area contributed by atoms with E-state index in [2.05, 4.69) is 69.3 Å². The molecule has 1 heteroatoms. The molecular formula is C28H24S. The van der Waals surface area contributed by atoms with Crippen LogP contribution < -0.4 is 0 Å². The van der Waals surface area contributed by atoms with Gasteiger partial charge in [-0.25, -0.2) is 0 Å². The minimum Gasteiger partial charge on any atom is -0.135 e. The molecule has 0 bridgehead atoms. The van der Waals surface area contributed by atoms with Crippen LogP contribution in [0, 0.1) is 0 Å². The van der Waals surface area contributed by atoms with E-state index in [0.29, 0.717) is 5.56 Å². The van der Waals surface area contributed by atoms with Crippen LogP contribution in [-0.4, -0.2) is 0 Å². The van der Waals surface area contributed by atoms with Gasteiger partial charge in [0, 0.05) is 20.2 Å². The summed E-state index contributed by atoms with van der Waals surface area (Å²) in [7, 11) is 0. The molecule has 1 heterocycles. The Morgan fingerprint density at radius 3 is 2.14 bits per heavy atom. The molecular weight excluding hydrogens is 368 g/mol. The van der Waals surface area contributed by atoms with E-state index in [1.54, 1.807) is 11.3 Å². The van der Waals surface area contributed by atoms with E-state index >= 15 is 0 Å². The Bertz CT molecular complexity index is 1560. The maximum Gasteiger partial charge on any atom is 0.0629 e. The molecule has 1 aromatic heterocycles. The zero-order valence-corrected chi connectivity index (χ0v) is 17.5. The summed E-state index contributed by atoms with van der Waals surface area (Å²) < 4.78 is 44.0. The first-order valence-corrected chi connectivity index (χ1v) is 10.5. The highest BCUT2D eigenvalue weighted by molar-refractivity contribution is 7.25. The van der Waals surface area contributed by atoms with Gasteiger partial charge in [0.15, 0.2) is 0 Å². The van der Waals surface area contributed by atoms with Crippen LogP contribution in [0.2, 0.25) is 0 Å². The molecule has 0 aliphatic heterocycles. The lowest BCUT2D eigenvalue weighted by molar-refractivity contribution is 0.594. The summed E-state index contributed by atoms with van der Waals surface area (Å²) in [6.07, 6.45) is 0. The molecule has 5 aromatic rings. The van der Waals surface area contributed by atoms with E-state index in [0.717, 1.165) is 16.7 Å². The lowest BCUT2D eigenvalue weighted by Crippen LogP contribution is -2.14. The van der Waals surface area contributed by atoms with Crippen molar-refractivity contribution in [3.8, 4) is 22.3 Å². The quantitative estimate of drug-likeness (QED) is 0.279. The average Bonchev–Trinajstić information content (AvgIpc) is 3.19. The number of fused-ring (bicyclic) bond motifs is 3. The van der Waals surface area contributed by atoms with Crippen molar-refractivity contribution in [3.05, 3.63) is 96.4 Å². The fourth-order valence-corrected chi connectivity index (χ4v) is 5.31.